The van der Waals surface area contributed by atoms with Gasteiger partial charge in [0.15, 0.2) is 0 Å². The molecule has 0 aliphatic carbocycles. The van der Waals surface area contributed by atoms with Gasteiger partial charge in [-0.15, -0.1) is 6.42 Å². The number of rotatable bonds is 3. The highest BCUT2D eigenvalue weighted by atomic mass is 19.1. The van der Waals surface area contributed by atoms with Gasteiger partial charge in [-0.25, -0.2) is 4.39 Å². The predicted octanol–water partition coefficient (Wildman–Crippen LogP) is 2.20. The van der Waals surface area contributed by atoms with E-state index in [1.165, 1.54) is 12.1 Å². The third kappa shape index (κ3) is 3.38. The Labute approximate surface area is 95.1 Å². The minimum atomic E-state index is -0.445. The van der Waals surface area contributed by atoms with Gasteiger partial charge in [0.05, 0.1) is 17.2 Å². The van der Waals surface area contributed by atoms with Crippen LogP contribution in [-0.4, -0.2) is 5.54 Å². The van der Waals surface area contributed by atoms with Crippen molar-refractivity contribution in [1.82, 2.24) is 5.32 Å². The molecule has 0 aliphatic heterocycles. The monoisotopic (exact) mass is 216 g/mol. The van der Waals surface area contributed by atoms with Crippen molar-refractivity contribution < 1.29 is 4.39 Å². The molecule has 16 heavy (non-hydrogen) atoms. The lowest BCUT2D eigenvalue weighted by molar-refractivity contribution is 0.489. The van der Waals surface area contributed by atoms with Crippen LogP contribution in [0.2, 0.25) is 0 Å². The number of benzene rings is 1. The standard InChI is InChI=1S/C13H13FN2/c1-4-13(2,3)16-9-11-5-10(8-15)6-12(14)7-11/h1,5-7,16H,9H2,2-3H3. The van der Waals surface area contributed by atoms with Gasteiger partial charge in [-0.1, -0.05) is 5.92 Å². The largest absolute Gasteiger partial charge is 0.298 e. The van der Waals surface area contributed by atoms with E-state index < -0.39 is 11.4 Å². The van der Waals surface area contributed by atoms with Crippen LogP contribution in [0.3, 0.4) is 0 Å². The lowest BCUT2D eigenvalue weighted by atomic mass is 10.1. The van der Waals surface area contributed by atoms with Crippen LogP contribution < -0.4 is 5.32 Å². The number of nitriles is 1. The Bertz CT molecular complexity index is 464. The van der Waals surface area contributed by atoms with E-state index in [1.807, 2.05) is 19.9 Å². The van der Waals surface area contributed by atoms with Crippen molar-refractivity contribution in [3.63, 3.8) is 0 Å². The van der Waals surface area contributed by atoms with Gasteiger partial charge in [-0.2, -0.15) is 5.26 Å². The summed E-state index contributed by atoms with van der Waals surface area (Å²) < 4.78 is 13.1. The van der Waals surface area contributed by atoms with Crippen molar-refractivity contribution >= 4 is 0 Å². The quantitative estimate of drug-likeness (QED) is 0.786. The first-order valence-corrected chi connectivity index (χ1v) is 4.89. The summed E-state index contributed by atoms with van der Waals surface area (Å²) in [6.07, 6.45) is 5.32. The topological polar surface area (TPSA) is 35.8 Å². The average Bonchev–Trinajstić information content (AvgIpc) is 2.26. The van der Waals surface area contributed by atoms with Gasteiger partial charge in [0, 0.05) is 6.54 Å². The van der Waals surface area contributed by atoms with Crippen molar-refractivity contribution in [3.05, 3.63) is 35.1 Å². The number of hydrogen-bond acceptors (Lipinski definition) is 2. The molecule has 0 radical (unpaired) electrons. The predicted molar refractivity (Wildman–Crippen MR) is 60.9 cm³/mol. The van der Waals surface area contributed by atoms with Crippen LogP contribution in [0.5, 0.6) is 0 Å². The molecule has 0 fully saturated rings. The minimum Gasteiger partial charge on any atom is -0.298 e. The lowest BCUT2D eigenvalue weighted by Gasteiger charge is -2.19. The number of nitrogens with zero attached hydrogens (tertiary/aromatic N) is 1. The summed E-state index contributed by atoms with van der Waals surface area (Å²) in [7, 11) is 0. The molecule has 0 aliphatic rings. The maximum Gasteiger partial charge on any atom is 0.124 e. The molecular formula is C13H13FN2. The first-order chi connectivity index (χ1) is 7.46. The molecule has 1 rings (SSSR count). The normalized spacial score (nSPS) is 10.6. The van der Waals surface area contributed by atoms with Gasteiger partial charge in [-0.3, -0.25) is 5.32 Å². The van der Waals surface area contributed by atoms with Crippen molar-refractivity contribution in [2.24, 2.45) is 0 Å². The van der Waals surface area contributed by atoms with Crippen LogP contribution in [0.4, 0.5) is 4.39 Å². The Morgan fingerprint density at radius 1 is 1.44 bits per heavy atom. The van der Waals surface area contributed by atoms with Crippen LogP contribution in [0, 0.1) is 29.5 Å². The van der Waals surface area contributed by atoms with E-state index in [4.69, 9.17) is 11.7 Å². The van der Waals surface area contributed by atoms with Crippen molar-refractivity contribution in [1.29, 1.82) is 5.26 Å². The number of terminal acetylenes is 1. The highest BCUT2D eigenvalue weighted by Gasteiger charge is 2.12. The van der Waals surface area contributed by atoms with Crippen LogP contribution in [0.25, 0.3) is 0 Å². The van der Waals surface area contributed by atoms with E-state index in [0.29, 0.717) is 17.7 Å². The van der Waals surface area contributed by atoms with Gasteiger partial charge >= 0.3 is 0 Å². The molecule has 0 atom stereocenters. The summed E-state index contributed by atoms with van der Waals surface area (Å²) in [4.78, 5) is 0. The Morgan fingerprint density at radius 3 is 2.69 bits per heavy atom. The van der Waals surface area contributed by atoms with Crippen molar-refractivity contribution in [2.75, 3.05) is 0 Å². The molecule has 1 aromatic carbocycles. The molecule has 82 valence electrons. The van der Waals surface area contributed by atoms with Crippen LogP contribution >= 0.6 is 0 Å². The molecular weight excluding hydrogens is 203 g/mol. The van der Waals surface area contributed by atoms with Crippen LogP contribution in [0.1, 0.15) is 25.0 Å². The zero-order valence-electron chi connectivity index (χ0n) is 9.34. The SMILES string of the molecule is C#CC(C)(C)NCc1cc(F)cc(C#N)c1. The molecule has 0 aromatic heterocycles. The highest BCUT2D eigenvalue weighted by molar-refractivity contribution is 5.33. The fourth-order valence-corrected chi connectivity index (χ4v) is 1.19. The summed E-state index contributed by atoms with van der Waals surface area (Å²) in [5, 5.41) is 11.8. The molecule has 0 amide bonds. The second kappa shape index (κ2) is 4.79. The molecule has 1 aromatic rings. The molecule has 0 heterocycles. The summed E-state index contributed by atoms with van der Waals surface area (Å²) in [6.45, 7) is 4.15. The second-order valence-electron chi connectivity index (χ2n) is 4.08. The average molecular weight is 216 g/mol. The summed E-state index contributed by atoms with van der Waals surface area (Å²) >= 11 is 0. The maximum atomic E-state index is 13.1. The smallest absolute Gasteiger partial charge is 0.124 e. The highest BCUT2D eigenvalue weighted by Crippen LogP contribution is 2.10. The van der Waals surface area contributed by atoms with Crippen LogP contribution in [0.15, 0.2) is 18.2 Å². The third-order valence-electron chi connectivity index (χ3n) is 2.18. The van der Waals surface area contributed by atoms with Gasteiger partial charge in [0.1, 0.15) is 5.82 Å². The molecule has 0 spiro atoms. The van der Waals surface area contributed by atoms with Crippen molar-refractivity contribution in [3.8, 4) is 18.4 Å². The molecule has 0 unspecified atom stereocenters. The van der Waals surface area contributed by atoms with Crippen molar-refractivity contribution in [2.45, 2.75) is 25.9 Å². The Morgan fingerprint density at radius 2 is 2.12 bits per heavy atom. The van der Waals surface area contributed by atoms with Gasteiger partial charge < -0.3 is 0 Å². The van der Waals surface area contributed by atoms with Crippen LogP contribution in [-0.2, 0) is 6.54 Å². The Balaban J connectivity index is 2.80. The molecule has 3 heteroatoms. The number of hydrogen-bond donors (Lipinski definition) is 1. The van der Waals surface area contributed by atoms with E-state index in [1.54, 1.807) is 6.07 Å². The molecule has 0 saturated carbocycles. The lowest BCUT2D eigenvalue weighted by Crippen LogP contribution is -2.36. The molecule has 0 bridgehead atoms. The molecule has 1 N–H and O–H groups in total. The Hall–Kier alpha value is -1.84. The van der Waals surface area contributed by atoms with E-state index in [-0.39, 0.29) is 0 Å². The third-order valence-corrected chi connectivity index (χ3v) is 2.18. The van der Waals surface area contributed by atoms with Gasteiger partial charge in [0.25, 0.3) is 0 Å². The minimum absolute atomic E-state index is 0.315. The number of halogens is 1. The zero-order chi connectivity index (χ0) is 12.2. The van der Waals surface area contributed by atoms with E-state index in [9.17, 15) is 4.39 Å². The fraction of sp³-hybridized carbons (Fsp3) is 0.308. The summed E-state index contributed by atoms with van der Waals surface area (Å²) in [5.74, 6) is 2.18. The first kappa shape index (κ1) is 12.2. The number of nitrogens with one attached hydrogen (secondary N) is 1. The van der Waals surface area contributed by atoms with E-state index in [2.05, 4.69) is 11.2 Å². The molecule has 2 nitrogen and oxygen atoms in total. The summed E-state index contributed by atoms with van der Waals surface area (Å²) in [5.41, 5.74) is 0.578. The van der Waals surface area contributed by atoms with Gasteiger partial charge in [-0.05, 0) is 37.6 Å². The molecule has 0 saturated heterocycles. The van der Waals surface area contributed by atoms with E-state index in [0.717, 1.165) is 0 Å². The maximum absolute atomic E-state index is 13.1. The first-order valence-electron chi connectivity index (χ1n) is 4.89. The van der Waals surface area contributed by atoms with E-state index >= 15 is 0 Å². The fourth-order valence-electron chi connectivity index (χ4n) is 1.19. The van der Waals surface area contributed by atoms with Gasteiger partial charge in [0.2, 0.25) is 0 Å². The zero-order valence-corrected chi connectivity index (χ0v) is 9.34. The Kier molecular flexibility index (Phi) is 3.66. The summed E-state index contributed by atoms with van der Waals surface area (Å²) in [6, 6.07) is 6.15. The second-order valence-corrected chi connectivity index (χ2v) is 4.08.